The lowest BCUT2D eigenvalue weighted by Crippen LogP contribution is -3.10. The van der Waals surface area contributed by atoms with Crippen LogP contribution in [0.25, 0.3) is 0 Å². The van der Waals surface area contributed by atoms with Gasteiger partial charge in [0.25, 0.3) is 0 Å². The van der Waals surface area contributed by atoms with Gasteiger partial charge in [0.1, 0.15) is 6.54 Å². The van der Waals surface area contributed by atoms with E-state index in [1.165, 1.54) is 22.3 Å². The van der Waals surface area contributed by atoms with Gasteiger partial charge in [-0.3, -0.25) is 0 Å². The van der Waals surface area contributed by atoms with Crippen LogP contribution >= 0.6 is 12.2 Å². The summed E-state index contributed by atoms with van der Waals surface area (Å²) in [5.41, 5.74) is 6.29. The van der Waals surface area contributed by atoms with Crippen LogP contribution in [-0.4, -0.2) is 18.2 Å². The van der Waals surface area contributed by atoms with Crippen molar-refractivity contribution in [2.24, 2.45) is 0 Å². The Labute approximate surface area is 157 Å². The van der Waals surface area contributed by atoms with Crippen LogP contribution in [0.15, 0.2) is 42.5 Å². The number of thiocarbonyl (C=S) groups is 1. The zero-order valence-electron chi connectivity index (χ0n) is 15.8. The fourth-order valence-corrected chi connectivity index (χ4v) is 3.03. The zero-order valence-corrected chi connectivity index (χ0v) is 16.6. The van der Waals surface area contributed by atoms with E-state index >= 15 is 0 Å². The normalized spacial score (nSPS) is 10.8. The second-order valence-corrected chi connectivity index (χ2v) is 6.92. The number of quaternary nitrogens is 1. The quantitative estimate of drug-likeness (QED) is 0.665. The molecule has 0 heterocycles. The molecule has 0 aliphatic rings. The molecule has 0 bridgehead atoms. The van der Waals surface area contributed by atoms with E-state index < -0.39 is 0 Å². The van der Waals surface area contributed by atoms with Gasteiger partial charge in [0, 0.05) is 17.8 Å². The van der Waals surface area contributed by atoms with Gasteiger partial charge in [-0.15, -0.1) is 0 Å². The van der Waals surface area contributed by atoms with Crippen LogP contribution < -0.4 is 15.5 Å². The molecular formula is C21H30N3S+. The molecule has 2 rings (SSSR count). The zero-order chi connectivity index (χ0) is 18.2. The van der Waals surface area contributed by atoms with Crippen molar-refractivity contribution in [3.05, 3.63) is 64.7 Å². The molecule has 0 spiro atoms. The molecule has 2 aromatic carbocycles. The summed E-state index contributed by atoms with van der Waals surface area (Å²) in [7, 11) is 0. The first-order valence-electron chi connectivity index (χ1n) is 9.06. The average Bonchev–Trinajstić information content (AvgIpc) is 2.62. The Bertz CT molecular complexity index is 708. The molecule has 4 heteroatoms. The first-order chi connectivity index (χ1) is 12.0. The first-order valence-corrected chi connectivity index (χ1v) is 9.46. The Morgan fingerprint density at radius 2 is 1.64 bits per heavy atom. The third-order valence-corrected chi connectivity index (χ3v) is 5.01. The van der Waals surface area contributed by atoms with E-state index in [2.05, 4.69) is 80.8 Å². The van der Waals surface area contributed by atoms with E-state index in [4.69, 9.17) is 12.2 Å². The molecular weight excluding hydrogens is 326 g/mol. The van der Waals surface area contributed by atoms with Crippen LogP contribution in [-0.2, 0) is 13.1 Å². The number of aryl methyl sites for hydroxylation is 2. The molecule has 0 aliphatic heterocycles. The van der Waals surface area contributed by atoms with Gasteiger partial charge in [0.15, 0.2) is 5.11 Å². The summed E-state index contributed by atoms with van der Waals surface area (Å²) in [4.78, 5) is 1.59. The van der Waals surface area contributed by atoms with E-state index in [-0.39, 0.29) is 0 Å². The minimum Gasteiger partial charge on any atom is -0.358 e. The third-order valence-electron chi connectivity index (χ3n) is 4.76. The fourth-order valence-electron chi connectivity index (χ4n) is 2.84. The summed E-state index contributed by atoms with van der Waals surface area (Å²) in [6.07, 6.45) is 0. The third kappa shape index (κ3) is 5.83. The molecule has 0 saturated carbocycles. The van der Waals surface area contributed by atoms with Crippen LogP contribution in [0.5, 0.6) is 0 Å². The monoisotopic (exact) mass is 356 g/mol. The lowest BCUT2D eigenvalue weighted by Gasteiger charge is -2.18. The number of hydrogen-bond donors (Lipinski definition) is 3. The van der Waals surface area contributed by atoms with E-state index in [9.17, 15) is 0 Å². The summed E-state index contributed by atoms with van der Waals surface area (Å²) >= 11 is 5.46. The highest BCUT2D eigenvalue weighted by Gasteiger charge is 2.09. The molecule has 0 saturated heterocycles. The molecule has 0 fully saturated rings. The van der Waals surface area contributed by atoms with Crippen molar-refractivity contribution in [3.63, 3.8) is 0 Å². The van der Waals surface area contributed by atoms with E-state index in [0.717, 1.165) is 31.9 Å². The largest absolute Gasteiger partial charge is 0.358 e. The number of rotatable bonds is 7. The Morgan fingerprint density at radius 1 is 0.960 bits per heavy atom. The van der Waals surface area contributed by atoms with Crippen LogP contribution in [0.1, 0.15) is 36.1 Å². The predicted molar refractivity (Wildman–Crippen MR) is 111 cm³/mol. The Hall–Kier alpha value is -1.91. The van der Waals surface area contributed by atoms with Crippen molar-refractivity contribution in [1.29, 1.82) is 0 Å². The Kier molecular flexibility index (Phi) is 7.41. The van der Waals surface area contributed by atoms with Crippen LogP contribution in [0.3, 0.4) is 0 Å². The molecule has 2 aromatic rings. The lowest BCUT2D eigenvalue weighted by molar-refractivity contribution is -0.910. The van der Waals surface area contributed by atoms with Crippen molar-refractivity contribution in [3.8, 4) is 0 Å². The second-order valence-electron chi connectivity index (χ2n) is 6.51. The van der Waals surface area contributed by atoms with Crippen molar-refractivity contribution < 1.29 is 4.90 Å². The standard InChI is InChI=1S/C21H29N3S/c1-5-24(6-2)15-19-10-8-7-9-18(19)14-22-21(25)23-20-12-11-16(3)17(4)13-20/h7-13H,5-6,14-15H2,1-4H3,(H2,22,23,25)/p+1. The summed E-state index contributed by atoms with van der Waals surface area (Å²) in [6.45, 7) is 12.8. The number of anilines is 1. The predicted octanol–water partition coefficient (Wildman–Crippen LogP) is 3.21. The van der Waals surface area contributed by atoms with Crippen LogP contribution in [0.4, 0.5) is 5.69 Å². The van der Waals surface area contributed by atoms with Crippen molar-refractivity contribution >= 4 is 23.0 Å². The summed E-state index contributed by atoms with van der Waals surface area (Å²) in [6, 6.07) is 14.9. The molecule has 25 heavy (non-hydrogen) atoms. The maximum Gasteiger partial charge on any atom is 0.171 e. The molecule has 3 nitrogen and oxygen atoms in total. The number of nitrogens with one attached hydrogen (secondary N) is 3. The summed E-state index contributed by atoms with van der Waals surface area (Å²) < 4.78 is 0. The van der Waals surface area contributed by atoms with Crippen LogP contribution in [0, 0.1) is 13.8 Å². The first kappa shape index (κ1) is 19.4. The molecule has 0 atom stereocenters. The minimum atomic E-state index is 0.660. The average molecular weight is 357 g/mol. The molecule has 0 amide bonds. The van der Waals surface area contributed by atoms with E-state index in [1.807, 2.05) is 0 Å². The maximum atomic E-state index is 5.46. The smallest absolute Gasteiger partial charge is 0.171 e. The highest BCUT2D eigenvalue weighted by Crippen LogP contribution is 2.14. The lowest BCUT2D eigenvalue weighted by atomic mass is 10.1. The van der Waals surface area contributed by atoms with Crippen LogP contribution in [0.2, 0.25) is 0 Å². The minimum absolute atomic E-state index is 0.660. The van der Waals surface area contributed by atoms with E-state index in [0.29, 0.717) is 5.11 Å². The SMILES string of the molecule is CC[NH+](CC)Cc1ccccc1CNC(=S)Nc1ccc(C)c(C)c1. The van der Waals surface area contributed by atoms with Crippen molar-refractivity contribution in [2.75, 3.05) is 18.4 Å². The topological polar surface area (TPSA) is 28.5 Å². The maximum absolute atomic E-state index is 5.46. The fraction of sp³-hybridized carbons (Fsp3) is 0.381. The molecule has 0 aliphatic carbocycles. The molecule has 0 aromatic heterocycles. The van der Waals surface area contributed by atoms with Crippen molar-refractivity contribution in [1.82, 2.24) is 5.32 Å². The second kappa shape index (κ2) is 9.54. The van der Waals surface area contributed by atoms with Gasteiger partial charge in [0.2, 0.25) is 0 Å². The van der Waals surface area contributed by atoms with Crippen molar-refractivity contribution in [2.45, 2.75) is 40.8 Å². The molecule has 0 radical (unpaired) electrons. The highest BCUT2D eigenvalue weighted by atomic mass is 32.1. The van der Waals surface area contributed by atoms with Gasteiger partial charge >= 0.3 is 0 Å². The highest BCUT2D eigenvalue weighted by molar-refractivity contribution is 7.80. The molecule has 134 valence electrons. The van der Waals surface area contributed by atoms with Gasteiger partial charge in [-0.2, -0.15) is 0 Å². The van der Waals surface area contributed by atoms with Gasteiger partial charge in [-0.1, -0.05) is 30.3 Å². The van der Waals surface area contributed by atoms with Gasteiger partial charge in [-0.25, -0.2) is 0 Å². The van der Waals surface area contributed by atoms with Gasteiger partial charge in [0.05, 0.1) is 13.1 Å². The van der Waals surface area contributed by atoms with E-state index in [1.54, 1.807) is 4.90 Å². The summed E-state index contributed by atoms with van der Waals surface area (Å²) in [5, 5.41) is 7.28. The molecule has 0 unspecified atom stereocenters. The summed E-state index contributed by atoms with van der Waals surface area (Å²) in [5.74, 6) is 0. The Balaban J connectivity index is 1.96. The Morgan fingerprint density at radius 3 is 2.28 bits per heavy atom. The van der Waals surface area contributed by atoms with Gasteiger partial charge < -0.3 is 15.5 Å². The van der Waals surface area contributed by atoms with Gasteiger partial charge in [-0.05, 0) is 68.7 Å². The number of hydrogen-bond acceptors (Lipinski definition) is 1. The number of benzene rings is 2. The molecule has 3 N–H and O–H groups in total.